The molecule has 0 spiro atoms. The summed E-state index contributed by atoms with van der Waals surface area (Å²) in [6.45, 7) is 6.71. The van der Waals surface area contributed by atoms with Gasteiger partial charge in [-0.15, -0.1) is 0 Å². The average Bonchev–Trinajstić information content (AvgIpc) is 2.66. The van der Waals surface area contributed by atoms with Crippen LogP contribution >= 0.6 is 11.6 Å². The Hall–Kier alpha value is -2.92. The van der Waals surface area contributed by atoms with Gasteiger partial charge in [-0.2, -0.15) is 0 Å². The van der Waals surface area contributed by atoms with E-state index in [0.29, 0.717) is 22.2 Å². The molecule has 0 atom stereocenters. The molecule has 0 radical (unpaired) electrons. The summed E-state index contributed by atoms with van der Waals surface area (Å²) in [7, 11) is 0. The van der Waals surface area contributed by atoms with E-state index in [-0.39, 0.29) is 5.91 Å². The van der Waals surface area contributed by atoms with E-state index in [1.165, 1.54) is 18.0 Å². The zero-order valence-electron chi connectivity index (χ0n) is 15.5. The van der Waals surface area contributed by atoms with Crippen molar-refractivity contribution in [1.82, 2.24) is 9.97 Å². The Labute approximate surface area is 164 Å². The van der Waals surface area contributed by atoms with Gasteiger partial charge in [0.05, 0.1) is 5.56 Å². The van der Waals surface area contributed by atoms with Crippen LogP contribution < -0.4 is 10.2 Å². The number of amides is 1. The fourth-order valence-corrected chi connectivity index (χ4v) is 2.91. The van der Waals surface area contributed by atoms with Crippen LogP contribution in [0, 0.1) is 13.8 Å². The number of aromatic nitrogens is 2. The average molecular weight is 381 g/mol. The van der Waals surface area contributed by atoms with Crippen LogP contribution in [0.2, 0.25) is 5.02 Å². The first-order chi connectivity index (χ1) is 13.0. The van der Waals surface area contributed by atoms with E-state index < -0.39 is 0 Å². The van der Waals surface area contributed by atoms with Crippen molar-refractivity contribution >= 4 is 34.8 Å². The van der Waals surface area contributed by atoms with Gasteiger partial charge in [-0.05, 0) is 56.2 Å². The molecule has 1 N–H and O–H groups in total. The third-order valence-electron chi connectivity index (χ3n) is 4.22. The van der Waals surface area contributed by atoms with E-state index in [1.807, 2.05) is 49.9 Å². The van der Waals surface area contributed by atoms with Gasteiger partial charge < -0.3 is 10.2 Å². The fraction of sp³-hybridized carbons (Fsp3) is 0.190. The van der Waals surface area contributed by atoms with E-state index in [2.05, 4.69) is 21.4 Å². The van der Waals surface area contributed by atoms with Crippen molar-refractivity contribution in [3.8, 4) is 0 Å². The molecular weight excluding hydrogens is 360 g/mol. The molecule has 0 fully saturated rings. The van der Waals surface area contributed by atoms with Crippen LogP contribution in [0.4, 0.5) is 17.3 Å². The number of carbonyl (C=O) groups excluding carboxylic acids is 1. The standard InChI is InChI=1S/C21H21ClN4O/c1-4-26(18-7-5-6-14(2)10-18)21-23-12-16(13-24-21)20(27)25-19-11-17(22)9-8-15(19)3/h5-13H,4H2,1-3H3,(H,25,27). The first-order valence-electron chi connectivity index (χ1n) is 8.71. The number of benzene rings is 2. The maximum absolute atomic E-state index is 12.5. The molecular formula is C21H21ClN4O. The predicted octanol–water partition coefficient (Wildman–Crippen LogP) is 5.16. The molecule has 138 valence electrons. The second-order valence-corrected chi connectivity index (χ2v) is 6.70. The van der Waals surface area contributed by atoms with E-state index in [9.17, 15) is 4.79 Å². The number of rotatable bonds is 5. The van der Waals surface area contributed by atoms with Gasteiger partial charge in [0, 0.05) is 35.3 Å². The van der Waals surface area contributed by atoms with Gasteiger partial charge in [0.2, 0.25) is 5.95 Å². The number of carbonyl (C=O) groups is 1. The molecule has 6 heteroatoms. The number of hydrogen-bond acceptors (Lipinski definition) is 4. The molecule has 0 saturated carbocycles. The van der Waals surface area contributed by atoms with Crippen LogP contribution in [0.25, 0.3) is 0 Å². The van der Waals surface area contributed by atoms with E-state index in [4.69, 9.17) is 11.6 Å². The van der Waals surface area contributed by atoms with Crippen molar-refractivity contribution in [1.29, 1.82) is 0 Å². The Morgan fingerprint density at radius 2 is 1.85 bits per heavy atom. The van der Waals surface area contributed by atoms with Gasteiger partial charge in [0.15, 0.2) is 0 Å². The highest BCUT2D eigenvalue weighted by molar-refractivity contribution is 6.31. The molecule has 1 aromatic heterocycles. The summed E-state index contributed by atoms with van der Waals surface area (Å²) in [4.78, 5) is 23.3. The lowest BCUT2D eigenvalue weighted by Gasteiger charge is -2.21. The maximum Gasteiger partial charge on any atom is 0.258 e. The lowest BCUT2D eigenvalue weighted by molar-refractivity contribution is 0.102. The topological polar surface area (TPSA) is 58.1 Å². The SMILES string of the molecule is CCN(c1cccc(C)c1)c1ncc(C(=O)Nc2cc(Cl)ccc2C)cn1. The molecule has 0 aliphatic carbocycles. The molecule has 0 bridgehead atoms. The van der Waals surface area contributed by atoms with E-state index >= 15 is 0 Å². The van der Waals surface area contributed by atoms with Crippen molar-refractivity contribution in [2.75, 3.05) is 16.8 Å². The summed E-state index contributed by atoms with van der Waals surface area (Å²) in [5.74, 6) is 0.282. The fourth-order valence-electron chi connectivity index (χ4n) is 2.74. The zero-order valence-corrected chi connectivity index (χ0v) is 16.3. The smallest absolute Gasteiger partial charge is 0.258 e. The minimum Gasteiger partial charge on any atom is -0.322 e. The molecule has 0 aliphatic rings. The van der Waals surface area contributed by atoms with Crippen LogP contribution in [0.3, 0.4) is 0 Å². The molecule has 1 amide bonds. The monoisotopic (exact) mass is 380 g/mol. The van der Waals surface area contributed by atoms with Crippen molar-refractivity contribution in [3.05, 3.63) is 76.6 Å². The first kappa shape index (κ1) is 18.9. The highest BCUT2D eigenvalue weighted by Gasteiger charge is 2.13. The normalized spacial score (nSPS) is 10.5. The minimum atomic E-state index is -0.273. The lowest BCUT2D eigenvalue weighted by Crippen LogP contribution is -2.20. The molecule has 1 heterocycles. The lowest BCUT2D eigenvalue weighted by atomic mass is 10.2. The summed E-state index contributed by atoms with van der Waals surface area (Å²) in [6.07, 6.45) is 3.08. The van der Waals surface area contributed by atoms with Crippen molar-refractivity contribution in [2.45, 2.75) is 20.8 Å². The first-order valence-corrected chi connectivity index (χ1v) is 9.09. The molecule has 2 aromatic carbocycles. The van der Waals surface area contributed by atoms with Gasteiger partial charge in [0.1, 0.15) is 0 Å². The predicted molar refractivity (Wildman–Crippen MR) is 110 cm³/mol. The zero-order chi connectivity index (χ0) is 19.4. The van der Waals surface area contributed by atoms with Crippen LogP contribution in [-0.4, -0.2) is 22.4 Å². The molecule has 0 unspecified atom stereocenters. The number of halogens is 1. The maximum atomic E-state index is 12.5. The molecule has 27 heavy (non-hydrogen) atoms. The van der Waals surface area contributed by atoms with E-state index in [1.54, 1.807) is 12.1 Å². The van der Waals surface area contributed by atoms with Crippen LogP contribution in [-0.2, 0) is 0 Å². The highest BCUT2D eigenvalue weighted by Crippen LogP contribution is 2.23. The quantitative estimate of drug-likeness (QED) is 0.664. The Kier molecular flexibility index (Phi) is 5.72. The Balaban J connectivity index is 1.79. The van der Waals surface area contributed by atoms with Crippen LogP contribution in [0.5, 0.6) is 0 Å². The van der Waals surface area contributed by atoms with Crippen molar-refractivity contribution in [2.24, 2.45) is 0 Å². The summed E-state index contributed by atoms with van der Waals surface area (Å²) >= 11 is 6.01. The highest BCUT2D eigenvalue weighted by atomic mass is 35.5. The van der Waals surface area contributed by atoms with Gasteiger partial charge in [-0.1, -0.05) is 29.8 Å². The Bertz CT molecular complexity index is 957. The molecule has 3 aromatic rings. The molecule has 5 nitrogen and oxygen atoms in total. The second kappa shape index (κ2) is 8.18. The van der Waals surface area contributed by atoms with Gasteiger partial charge in [0.25, 0.3) is 5.91 Å². The number of aryl methyl sites for hydroxylation is 2. The Morgan fingerprint density at radius 1 is 1.11 bits per heavy atom. The van der Waals surface area contributed by atoms with Crippen LogP contribution in [0.15, 0.2) is 54.9 Å². The number of nitrogens with zero attached hydrogens (tertiary/aromatic N) is 3. The van der Waals surface area contributed by atoms with E-state index in [0.717, 1.165) is 17.8 Å². The van der Waals surface area contributed by atoms with Crippen molar-refractivity contribution in [3.63, 3.8) is 0 Å². The molecule has 3 rings (SSSR count). The third-order valence-corrected chi connectivity index (χ3v) is 4.45. The summed E-state index contributed by atoms with van der Waals surface area (Å²) in [5.41, 5.74) is 4.18. The van der Waals surface area contributed by atoms with Crippen molar-refractivity contribution < 1.29 is 4.79 Å². The number of hydrogen-bond donors (Lipinski definition) is 1. The summed E-state index contributed by atoms with van der Waals surface area (Å²) < 4.78 is 0. The van der Waals surface area contributed by atoms with Gasteiger partial charge >= 0.3 is 0 Å². The van der Waals surface area contributed by atoms with Crippen LogP contribution in [0.1, 0.15) is 28.4 Å². The number of nitrogens with one attached hydrogen (secondary N) is 1. The Morgan fingerprint density at radius 3 is 2.52 bits per heavy atom. The largest absolute Gasteiger partial charge is 0.322 e. The van der Waals surface area contributed by atoms with Gasteiger partial charge in [-0.25, -0.2) is 9.97 Å². The number of anilines is 3. The molecule has 0 aliphatic heterocycles. The molecule has 0 saturated heterocycles. The minimum absolute atomic E-state index is 0.273. The summed E-state index contributed by atoms with van der Waals surface area (Å²) in [6, 6.07) is 13.5. The summed E-state index contributed by atoms with van der Waals surface area (Å²) in [5, 5.41) is 3.42. The third kappa shape index (κ3) is 4.44. The second-order valence-electron chi connectivity index (χ2n) is 6.27. The van der Waals surface area contributed by atoms with Gasteiger partial charge in [-0.3, -0.25) is 4.79 Å².